The molecule has 10 rings (SSSR count). The third kappa shape index (κ3) is 6.37. The molecule has 304 valence electrons. The minimum absolute atomic E-state index is 0.0175. The number of likely N-dealkylation sites (N-methyl/N-ethyl adjacent to an activating group) is 1. The highest BCUT2D eigenvalue weighted by Crippen LogP contribution is 2.45. The van der Waals surface area contributed by atoms with E-state index in [0.717, 1.165) is 32.6 Å². The highest BCUT2D eigenvalue weighted by molar-refractivity contribution is 5.98. The lowest BCUT2D eigenvalue weighted by Gasteiger charge is -2.46. The first-order chi connectivity index (χ1) is 29.0. The van der Waals surface area contributed by atoms with Crippen molar-refractivity contribution in [2.75, 3.05) is 50.9 Å². The van der Waals surface area contributed by atoms with Crippen molar-refractivity contribution in [1.82, 2.24) is 39.5 Å². The summed E-state index contributed by atoms with van der Waals surface area (Å²) in [5, 5.41) is 6.29. The van der Waals surface area contributed by atoms with Gasteiger partial charge in [0.05, 0.1) is 31.6 Å². The maximum atomic E-state index is 14.2. The van der Waals surface area contributed by atoms with Crippen LogP contribution in [0.1, 0.15) is 28.4 Å². The van der Waals surface area contributed by atoms with E-state index in [9.17, 15) is 18.8 Å². The molecule has 2 atom stereocenters. The van der Waals surface area contributed by atoms with E-state index in [-0.39, 0.29) is 66.7 Å². The molecule has 18 heteroatoms. The van der Waals surface area contributed by atoms with Crippen molar-refractivity contribution in [3.05, 3.63) is 113 Å². The largest absolute Gasteiger partial charge is 0.454 e. The van der Waals surface area contributed by atoms with E-state index in [1.54, 1.807) is 53.2 Å². The maximum absolute atomic E-state index is 14.2. The minimum atomic E-state index is -0.668. The van der Waals surface area contributed by atoms with Gasteiger partial charge < -0.3 is 40.5 Å². The zero-order valence-corrected chi connectivity index (χ0v) is 32.6. The molecule has 3 aromatic carbocycles. The van der Waals surface area contributed by atoms with Crippen molar-refractivity contribution in [2.45, 2.75) is 25.0 Å². The Morgan fingerprint density at radius 3 is 2.50 bits per heavy atom. The van der Waals surface area contributed by atoms with Gasteiger partial charge in [-0.3, -0.25) is 14.5 Å². The average molecular weight is 812 g/mol. The predicted octanol–water partition coefficient (Wildman–Crippen LogP) is 4.65. The third-order valence-electron chi connectivity index (χ3n) is 10.9. The first kappa shape index (κ1) is 37.8. The van der Waals surface area contributed by atoms with Crippen LogP contribution in [0, 0.1) is 5.82 Å². The highest BCUT2D eigenvalue weighted by atomic mass is 19.1. The number of piperazine rings is 1. The Bertz CT molecular complexity index is 2840. The molecule has 3 aliphatic rings. The Balaban J connectivity index is 0.000000154. The number of nitrogen functional groups attached to an aromatic ring is 2. The van der Waals surface area contributed by atoms with Gasteiger partial charge in [-0.1, -0.05) is 42.5 Å². The van der Waals surface area contributed by atoms with E-state index in [0.29, 0.717) is 40.2 Å². The van der Waals surface area contributed by atoms with E-state index < -0.39 is 12.1 Å². The molecular weight excluding hydrogens is 774 g/mol. The number of anilines is 3. The van der Waals surface area contributed by atoms with Gasteiger partial charge in [-0.05, 0) is 47.5 Å². The standard InChI is InChI=1S/C22H19N3O4.C20H19FN8O2/c1-24-10-19(26)25-16(22(24)27)9-14-13-4-2-3-5-15(13)23-20(14)21(25)12-6-7-17-18(8-12)29-11-28-17;1-28(20(30)31-2)15-16(22)25-18(26-17(15)23)14-12-7-5-9-24-19(12)29(27-14)10-11-6-3-4-8-13(11)21/h2-8,16,21,23H,9-11H2,1H3;3-9H,10H2,1-2H3,(H4,22,23,25,26)/t16-,21-;/m1./s1. The van der Waals surface area contributed by atoms with E-state index in [4.69, 9.17) is 20.9 Å². The molecule has 0 aliphatic carbocycles. The number of pyridine rings is 1. The average Bonchev–Trinajstić information content (AvgIpc) is 3.98. The van der Waals surface area contributed by atoms with Crippen LogP contribution in [0.2, 0.25) is 0 Å². The summed E-state index contributed by atoms with van der Waals surface area (Å²) in [6, 6.07) is 22.9. The van der Waals surface area contributed by atoms with Crippen LogP contribution in [0.15, 0.2) is 85.1 Å². The number of fused-ring (bicyclic) bond motifs is 6. The summed E-state index contributed by atoms with van der Waals surface area (Å²) < 4.78 is 31.4. The molecule has 0 saturated carbocycles. The van der Waals surface area contributed by atoms with Crippen LogP contribution >= 0.6 is 0 Å². The first-order valence-electron chi connectivity index (χ1n) is 18.9. The molecular formula is C42H38FN11O6. The molecule has 0 spiro atoms. The zero-order chi connectivity index (χ0) is 41.8. The number of benzene rings is 3. The van der Waals surface area contributed by atoms with Gasteiger partial charge in [0.2, 0.25) is 18.6 Å². The monoisotopic (exact) mass is 811 g/mol. The lowest BCUT2D eigenvalue weighted by atomic mass is 9.86. The molecule has 7 aromatic rings. The number of aromatic amines is 1. The summed E-state index contributed by atoms with van der Waals surface area (Å²) in [5.74, 6) is 1.06. The molecule has 7 heterocycles. The van der Waals surface area contributed by atoms with Crippen LogP contribution < -0.4 is 25.8 Å². The number of nitrogens with one attached hydrogen (secondary N) is 1. The van der Waals surface area contributed by atoms with Crippen LogP contribution in [0.5, 0.6) is 11.5 Å². The summed E-state index contributed by atoms with van der Waals surface area (Å²) >= 11 is 0. The SMILES string of the molecule is CN1CC(=O)N2[C@H](c3ccc4c(c3)OCO4)c3[nH]c4ccccc4c3C[C@@H]2C1=O.COC(=O)N(C)c1c(N)nc(-c2nn(Cc3ccccc3F)c3ncccc23)nc1N. The van der Waals surface area contributed by atoms with Crippen LogP contribution in [-0.2, 0) is 27.3 Å². The normalized spacial score (nSPS) is 16.7. The maximum Gasteiger partial charge on any atom is 0.413 e. The molecule has 60 heavy (non-hydrogen) atoms. The lowest BCUT2D eigenvalue weighted by molar-refractivity contribution is -0.157. The van der Waals surface area contributed by atoms with Crippen molar-refractivity contribution >= 4 is 57.2 Å². The summed E-state index contributed by atoms with van der Waals surface area (Å²) in [6.07, 6.45) is 1.46. The Kier molecular flexibility index (Phi) is 9.37. The molecule has 17 nitrogen and oxygen atoms in total. The topological polar surface area (TPSA) is 213 Å². The molecule has 0 unspecified atom stereocenters. The van der Waals surface area contributed by atoms with Crippen LogP contribution in [0.3, 0.4) is 0 Å². The molecule has 1 fully saturated rings. The third-order valence-corrected chi connectivity index (χ3v) is 10.9. The summed E-state index contributed by atoms with van der Waals surface area (Å²) in [7, 11) is 4.37. The Morgan fingerprint density at radius 2 is 1.72 bits per heavy atom. The summed E-state index contributed by atoms with van der Waals surface area (Å²) in [5.41, 5.74) is 17.6. The van der Waals surface area contributed by atoms with Gasteiger partial charge in [-0.25, -0.2) is 28.8 Å². The van der Waals surface area contributed by atoms with Crippen molar-refractivity contribution in [3.8, 4) is 23.0 Å². The van der Waals surface area contributed by atoms with Crippen molar-refractivity contribution in [3.63, 3.8) is 0 Å². The molecule has 3 aliphatic heterocycles. The number of amides is 3. The smallest absolute Gasteiger partial charge is 0.413 e. The van der Waals surface area contributed by atoms with Crippen LogP contribution in [-0.4, -0.2) is 98.0 Å². The molecule has 3 amide bonds. The molecule has 1 saturated heterocycles. The number of carbonyl (C=O) groups is 3. The van der Waals surface area contributed by atoms with Gasteiger partial charge in [-0.2, -0.15) is 5.10 Å². The van der Waals surface area contributed by atoms with Gasteiger partial charge in [0.25, 0.3) is 0 Å². The zero-order valence-electron chi connectivity index (χ0n) is 32.6. The minimum Gasteiger partial charge on any atom is -0.454 e. The van der Waals surface area contributed by atoms with Gasteiger partial charge in [-0.15, -0.1) is 0 Å². The second kappa shape index (κ2) is 14.9. The lowest BCUT2D eigenvalue weighted by Crippen LogP contribution is -2.62. The van der Waals surface area contributed by atoms with Crippen molar-refractivity contribution < 1.29 is 33.0 Å². The number of ether oxygens (including phenoxy) is 3. The first-order valence-corrected chi connectivity index (χ1v) is 18.9. The van der Waals surface area contributed by atoms with Gasteiger partial charge in [0.1, 0.15) is 23.2 Å². The number of halogens is 1. The quantitative estimate of drug-likeness (QED) is 0.217. The number of hydrogen-bond donors (Lipinski definition) is 3. The van der Waals surface area contributed by atoms with Crippen LogP contribution in [0.4, 0.5) is 26.5 Å². The number of aromatic nitrogens is 6. The molecule has 5 N–H and O–H groups in total. The van der Waals surface area contributed by atoms with Gasteiger partial charge in [0.15, 0.2) is 34.6 Å². The second-order valence-electron chi connectivity index (χ2n) is 14.5. The predicted molar refractivity (Wildman–Crippen MR) is 218 cm³/mol. The van der Waals surface area contributed by atoms with E-state index >= 15 is 0 Å². The number of methoxy groups -OCH3 is 1. The summed E-state index contributed by atoms with van der Waals surface area (Å²) in [6.45, 7) is 0.440. The molecule has 0 bridgehead atoms. The number of H-pyrrole nitrogens is 1. The van der Waals surface area contributed by atoms with E-state index in [1.165, 1.54) is 25.1 Å². The number of carbonyl (C=O) groups excluding carboxylic acids is 3. The Hall–Kier alpha value is -7.76. The molecule has 4 aromatic heterocycles. The fourth-order valence-corrected chi connectivity index (χ4v) is 8.08. The fraction of sp³-hybridized carbons (Fsp3) is 0.214. The number of hydrogen-bond acceptors (Lipinski definition) is 12. The van der Waals surface area contributed by atoms with Gasteiger partial charge >= 0.3 is 6.09 Å². The molecule has 0 radical (unpaired) electrons. The number of nitrogens with two attached hydrogens (primary N) is 2. The Morgan fingerprint density at radius 1 is 0.983 bits per heavy atom. The number of nitrogens with zero attached hydrogens (tertiary/aromatic N) is 8. The van der Waals surface area contributed by atoms with E-state index in [1.807, 2.05) is 36.4 Å². The second-order valence-corrected chi connectivity index (χ2v) is 14.5. The summed E-state index contributed by atoms with van der Waals surface area (Å²) in [4.78, 5) is 58.8. The number of para-hydroxylation sites is 1. The fourth-order valence-electron chi connectivity index (χ4n) is 8.08. The van der Waals surface area contributed by atoms with Crippen LogP contribution in [0.25, 0.3) is 33.5 Å². The van der Waals surface area contributed by atoms with Crippen molar-refractivity contribution in [2.24, 2.45) is 0 Å². The Labute approximate surface area is 341 Å². The van der Waals surface area contributed by atoms with Crippen molar-refractivity contribution in [1.29, 1.82) is 0 Å². The van der Waals surface area contributed by atoms with E-state index in [2.05, 4.69) is 35.8 Å². The highest BCUT2D eigenvalue weighted by Gasteiger charge is 2.47. The number of rotatable bonds is 5. The van der Waals surface area contributed by atoms with Gasteiger partial charge in [0, 0.05) is 48.9 Å².